The monoisotopic (exact) mass is 183 g/mol. The SMILES string of the molecule is CCN1CCC(C)(C(C)(C)C)CC1. The minimum atomic E-state index is 0.465. The van der Waals surface area contributed by atoms with Gasteiger partial charge in [-0.1, -0.05) is 34.6 Å². The lowest BCUT2D eigenvalue weighted by atomic mass is 9.63. The Morgan fingerprint density at radius 3 is 1.92 bits per heavy atom. The van der Waals surface area contributed by atoms with E-state index in [0.717, 1.165) is 0 Å². The second kappa shape index (κ2) is 3.61. The summed E-state index contributed by atoms with van der Waals surface area (Å²) in [5, 5.41) is 0. The van der Waals surface area contributed by atoms with Gasteiger partial charge < -0.3 is 4.90 Å². The molecule has 0 radical (unpaired) electrons. The first-order valence-corrected chi connectivity index (χ1v) is 5.61. The van der Waals surface area contributed by atoms with E-state index in [0.29, 0.717) is 10.8 Å². The smallest absolute Gasteiger partial charge is 0.00134 e. The number of nitrogens with zero attached hydrogens (tertiary/aromatic N) is 1. The van der Waals surface area contributed by atoms with Gasteiger partial charge in [0.15, 0.2) is 0 Å². The van der Waals surface area contributed by atoms with Crippen LogP contribution in [0.25, 0.3) is 0 Å². The van der Waals surface area contributed by atoms with Crippen molar-refractivity contribution in [3.63, 3.8) is 0 Å². The van der Waals surface area contributed by atoms with Crippen molar-refractivity contribution in [2.75, 3.05) is 19.6 Å². The van der Waals surface area contributed by atoms with Crippen molar-refractivity contribution < 1.29 is 0 Å². The van der Waals surface area contributed by atoms with Crippen molar-refractivity contribution in [2.45, 2.75) is 47.5 Å². The molecule has 0 bridgehead atoms. The summed E-state index contributed by atoms with van der Waals surface area (Å²) >= 11 is 0. The van der Waals surface area contributed by atoms with Gasteiger partial charge >= 0.3 is 0 Å². The molecule has 0 aromatic heterocycles. The van der Waals surface area contributed by atoms with Gasteiger partial charge in [-0.25, -0.2) is 0 Å². The Morgan fingerprint density at radius 1 is 1.15 bits per heavy atom. The third-order valence-corrected chi connectivity index (χ3v) is 4.22. The van der Waals surface area contributed by atoms with Crippen LogP contribution in [0.1, 0.15) is 47.5 Å². The van der Waals surface area contributed by atoms with Gasteiger partial charge in [0.2, 0.25) is 0 Å². The maximum absolute atomic E-state index is 2.56. The number of rotatable bonds is 1. The number of piperidine rings is 1. The number of likely N-dealkylation sites (tertiary alicyclic amines) is 1. The predicted octanol–water partition coefficient (Wildman–Crippen LogP) is 3.15. The van der Waals surface area contributed by atoms with Gasteiger partial charge in [-0.3, -0.25) is 0 Å². The summed E-state index contributed by atoms with van der Waals surface area (Å²) in [5.41, 5.74) is 1.02. The van der Waals surface area contributed by atoms with Crippen LogP contribution >= 0.6 is 0 Å². The molecule has 0 aromatic rings. The fourth-order valence-electron chi connectivity index (χ4n) is 2.11. The van der Waals surface area contributed by atoms with Crippen molar-refractivity contribution in [2.24, 2.45) is 10.8 Å². The van der Waals surface area contributed by atoms with Crippen molar-refractivity contribution in [1.82, 2.24) is 4.90 Å². The maximum Gasteiger partial charge on any atom is -0.00134 e. The number of hydrogen-bond acceptors (Lipinski definition) is 1. The highest BCUT2D eigenvalue weighted by molar-refractivity contribution is 4.90. The van der Waals surface area contributed by atoms with Crippen LogP contribution in [0.15, 0.2) is 0 Å². The molecule has 1 heteroatoms. The van der Waals surface area contributed by atoms with Gasteiger partial charge in [0, 0.05) is 0 Å². The first kappa shape index (κ1) is 11.0. The minimum Gasteiger partial charge on any atom is -0.304 e. The highest BCUT2D eigenvalue weighted by Crippen LogP contribution is 2.46. The fraction of sp³-hybridized carbons (Fsp3) is 1.00. The molecule has 1 aliphatic rings. The van der Waals surface area contributed by atoms with Crippen LogP contribution in [0.5, 0.6) is 0 Å². The molecular formula is C12H25N. The molecular weight excluding hydrogens is 158 g/mol. The second-order valence-electron chi connectivity index (χ2n) is 5.74. The molecule has 1 aliphatic heterocycles. The lowest BCUT2D eigenvalue weighted by Gasteiger charge is -2.47. The van der Waals surface area contributed by atoms with Crippen LogP contribution in [0.4, 0.5) is 0 Å². The summed E-state index contributed by atoms with van der Waals surface area (Å²) in [6.45, 7) is 15.7. The van der Waals surface area contributed by atoms with Crippen LogP contribution in [-0.2, 0) is 0 Å². The van der Waals surface area contributed by atoms with Gasteiger partial charge in [0.05, 0.1) is 0 Å². The molecule has 0 unspecified atom stereocenters. The molecule has 0 atom stereocenters. The summed E-state index contributed by atoms with van der Waals surface area (Å²) in [4.78, 5) is 2.56. The van der Waals surface area contributed by atoms with E-state index in [1.165, 1.54) is 32.5 Å². The quantitative estimate of drug-likeness (QED) is 0.603. The third kappa shape index (κ3) is 2.25. The summed E-state index contributed by atoms with van der Waals surface area (Å²) in [6.07, 6.45) is 2.73. The Hall–Kier alpha value is -0.0400. The summed E-state index contributed by atoms with van der Waals surface area (Å²) in [5.74, 6) is 0. The number of hydrogen-bond donors (Lipinski definition) is 0. The van der Waals surface area contributed by atoms with E-state index in [2.05, 4.69) is 39.5 Å². The average molecular weight is 183 g/mol. The van der Waals surface area contributed by atoms with Crippen molar-refractivity contribution in [3.05, 3.63) is 0 Å². The van der Waals surface area contributed by atoms with Crippen molar-refractivity contribution in [3.8, 4) is 0 Å². The molecule has 0 spiro atoms. The highest BCUT2D eigenvalue weighted by atomic mass is 15.1. The van der Waals surface area contributed by atoms with Crippen LogP contribution < -0.4 is 0 Å². The highest BCUT2D eigenvalue weighted by Gasteiger charge is 2.39. The van der Waals surface area contributed by atoms with E-state index in [1.54, 1.807) is 0 Å². The Morgan fingerprint density at radius 2 is 1.62 bits per heavy atom. The van der Waals surface area contributed by atoms with E-state index >= 15 is 0 Å². The van der Waals surface area contributed by atoms with Gasteiger partial charge in [-0.15, -0.1) is 0 Å². The lowest BCUT2D eigenvalue weighted by molar-refractivity contribution is 0.0242. The predicted molar refractivity (Wildman–Crippen MR) is 58.9 cm³/mol. The molecule has 0 N–H and O–H groups in total. The standard InChI is InChI=1S/C12H25N/c1-6-13-9-7-12(5,8-10-13)11(2,3)4/h6-10H2,1-5H3. The topological polar surface area (TPSA) is 3.24 Å². The maximum atomic E-state index is 2.56. The molecule has 1 heterocycles. The molecule has 13 heavy (non-hydrogen) atoms. The summed E-state index contributed by atoms with van der Waals surface area (Å²) in [7, 11) is 0. The van der Waals surface area contributed by atoms with Gasteiger partial charge in [0.1, 0.15) is 0 Å². The van der Waals surface area contributed by atoms with Crippen LogP contribution in [-0.4, -0.2) is 24.5 Å². The third-order valence-electron chi connectivity index (χ3n) is 4.22. The molecule has 0 aliphatic carbocycles. The normalized spacial score (nSPS) is 24.7. The van der Waals surface area contributed by atoms with Crippen LogP contribution in [0.3, 0.4) is 0 Å². The van der Waals surface area contributed by atoms with E-state index < -0.39 is 0 Å². The molecule has 0 saturated carbocycles. The molecule has 1 nitrogen and oxygen atoms in total. The molecule has 78 valence electrons. The van der Waals surface area contributed by atoms with Gasteiger partial charge in [0.25, 0.3) is 0 Å². The van der Waals surface area contributed by atoms with Crippen LogP contribution in [0, 0.1) is 10.8 Å². The summed E-state index contributed by atoms with van der Waals surface area (Å²) in [6, 6.07) is 0. The summed E-state index contributed by atoms with van der Waals surface area (Å²) < 4.78 is 0. The first-order valence-electron chi connectivity index (χ1n) is 5.61. The van der Waals surface area contributed by atoms with Gasteiger partial charge in [-0.05, 0) is 43.3 Å². The lowest BCUT2D eigenvalue weighted by Crippen LogP contribution is -2.44. The Balaban J connectivity index is 2.57. The second-order valence-corrected chi connectivity index (χ2v) is 5.74. The van der Waals surface area contributed by atoms with Crippen LogP contribution in [0.2, 0.25) is 0 Å². The fourth-order valence-corrected chi connectivity index (χ4v) is 2.11. The largest absolute Gasteiger partial charge is 0.304 e. The molecule has 0 amide bonds. The Bertz CT molecular complexity index is 158. The van der Waals surface area contributed by atoms with E-state index in [9.17, 15) is 0 Å². The molecule has 1 fully saturated rings. The zero-order valence-electron chi connectivity index (χ0n) is 9.98. The zero-order chi connectivity index (χ0) is 10.1. The Kier molecular flexibility index (Phi) is 3.06. The van der Waals surface area contributed by atoms with Crippen molar-refractivity contribution in [1.29, 1.82) is 0 Å². The van der Waals surface area contributed by atoms with E-state index in [-0.39, 0.29) is 0 Å². The molecule has 1 rings (SSSR count). The van der Waals surface area contributed by atoms with Gasteiger partial charge in [-0.2, -0.15) is 0 Å². The molecule has 1 saturated heterocycles. The minimum absolute atomic E-state index is 0.465. The van der Waals surface area contributed by atoms with Crippen molar-refractivity contribution >= 4 is 0 Å². The average Bonchev–Trinajstić information content (AvgIpc) is 2.04. The van der Waals surface area contributed by atoms with E-state index in [4.69, 9.17) is 0 Å². The zero-order valence-corrected chi connectivity index (χ0v) is 9.98. The first-order chi connectivity index (χ1) is 5.89. The Labute approximate surface area is 83.5 Å². The molecule has 0 aromatic carbocycles. The van der Waals surface area contributed by atoms with E-state index in [1.807, 2.05) is 0 Å².